The lowest BCUT2D eigenvalue weighted by atomic mass is 10.1. The summed E-state index contributed by atoms with van der Waals surface area (Å²) in [5.41, 5.74) is -1.64. The van der Waals surface area contributed by atoms with Gasteiger partial charge in [-0.2, -0.15) is 31.2 Å². The van der Waals surface area contributed by atoms with E-state index >= 15 is 0 Å². The van der Waals surface area contributed by atoms with E-state index in [1.54, 1.807) is 0 Å². The summed E-state index contributed by atoms with van der Waals surface area (Å²) in [7, 11) is 0. The van der Waals surface area contributed by atoms with Crippen LogP contribution in [-0.2, 0) is 0 Å². The SMILES string of the molecule is CC1C=Cc2c(sc([N+]([O-])(O)O)c2[N+]([O-])(O)O)N1[N+]([O-])(O)O. The molecule has 0 spiro atoms. The minimum atomic E-state index is -3.19. The van der Waals surface area contributed by atoms with Gasteiger partial charge in [-0.25, -0.2) is 0 Å². The Hall–Kier alpha value is -1.24. The number of rotatable bonds is 3. The molecule has 0 aliphatic carbocycles. The topological polar surface area (TPSA) is 194 Å². The van der Waals surface area contributed by atoms with Gasteiger partial charge in [0.2, 0.25) is 0 Å². The van der Waals surface area contributed by atoms with Gasteiger partial charge in [-0.1, -0.05) is 6.08 Å². The standard InChI is InChI=1S/C8H12N4O9S/c1-4-2-3-5-6(10(13,14)15)8(11(16,17)18)22-7(5)9(4)12(19,20)21/h2-4,13-14,16-17,19-20H,1H3. The lowest BCUT2D eigenvalue weighted by Gasteiger charge is -2.39. The fourth-order valence-corrected chi connectivity index (χ4v) is 3.34. The van der Waals surface area contributed by atoms with E-state index in [1.165, 1.54) is 13.0 Å². The van der Waals surface area contributed by atoms with Crippen molar-refractivity contribution < 1.29 is 36.3 Å². The zero-order valence-corrected chi connectivity index (χ0v) is 11.7. The van der Waals surface area contributed by atoms with Crippen molar-refractivity contribution in [1.82, 2.24) is 9.95 Å². The van der Waals surface area contributed by atoms with E-state index in [2.05, 4.69) is 0 Å². The van der Waals surface area contributed by atoms with E-state index in [0.29, 0.717) is 5.01 Å². The Labute approximate surface area is 125 Å². The van der Waals surface area contributed by atoms with Gasteiger partial charge in [-0.05, 0) is 34.3 Å². The van der Waals surface area contributed by atoms with Gasteiger partial charge in [0.05, 0.1) is 5.56 Å². The molecule has 1 aromatic rings. The highest BCUT2D eigenvalue weighted by Gasteiger charge is 2.46. The van der Waals surface area contributed by atoms with Crippen LogP contribution < -0.4 is 15.0 Å². The summed E-state index contributed by atoms with van der Waals surface area (Å²) in [4.78, 5) is -6.37. The molecule has 1 aliphatic rings. The maximum Gasteiger partial charge on any atom is 0.326 e. The summed E-state index contributed by atoms with van der Waals surface area (Å²) in [5.74, 6) is 0. The third-order valence-electron chi connectivity index (χ3n) is 2.85. The highest BCUT2D eigenvalue weighted by Crippen LogP contribution is 2.53. The van der Waals surface area contributed by atoms with Gasteiger partial charge in [-0.3, -0.25) is 0 Å². The molecule has 14 heteroatoms. The van der Waals surface area contributed by atoms with E-state index < -0.39 is 42.3 Å². The summed E-state index contributed by atoms with van der Waals surface area (Å²) < 4.78 is 0. The lowest BCUT2D eigenvalue weighted by Crippen LogP contribution is -2.56. The highest BCUT2D eigenvalue weighted by molar-refractivity contribution is 7.20. The summed E-state index contributed by atoms with van der Waals surface area (Å²) in [5, 5.41) is 84.5. The first-order valence-electron chi connectivity index (χ1n) is 5.57. The van der Waals surface area contributed by atoms with E-state index in [0.717, 1.165) is 6.08 Å². The third-order valence-corrected chi connectivity index (χ3v) is 4.08. The Morgan fingerprint density at radius 3 is 2.00 bits per heavy atom. The Morgan fingerprint density at radius 2 is 1.59 bits per heavy atom. The first kappa shape index (κ1) is 17.1. The molecule has 22 heavy (non-hydrogen) atoms. The Morgan fingerprint density at radius 1 is 1.05 bits per heavy atom. The van der Waals surface area contributed by atoms with E-state index in [-0.39, 0.29) is 11.3 Å². The molecule has 1 unspecified atom stereocenters. The van der Waals surface area contributed by atoms with Crippen molar-refractivity contribution in [3.8, 4) is 0 Å². The second-order valence-corrected chi connectivity index (χ2v) is 5.50. The van der Waals surface area contributed by atoms with E-state index in [9.17, 15) is 26.0 Å². The molecule has 1 atom stereocenters. The number of fused-ring (bicyclic) bond motifs is 1. The number of anilines is 1. The molecule has 0 amide bonds. The molecule has 0 fully saturated rings. The van der Waals surface area contributed by atoms with Gasteiger partial charge in [0.1, 0.15) is 6.04 Å². The molecule has 13 nitrogen and oxygen atoms in total. The minimum absolute atomic E-state index is 0.0976. The van der Waals surface area contributed by atoms with Crippen LogP contribution in [0.3, 0.4) is 0 Å². The molecule has 1 aromatic heterocycles. The maximum absolute atomic E-state index is 11.4. The molecular weight excluding hydrogens is 328 g/mol. The van der Waals surface area contributed by atoms with Crippen LogP contribution in [0.1, 0.15) is 12.5 Å². The zero-order valence-electron chi connectivity index (χ0n) is 10.8. The van der Waals surface area contributed by atoms with Crippen molar-refractivity contribution in [3.05, 3.63) is 27.3 Å². The van der Waals surface area contributed by atoms with Gasteiger partial charge in [0, 0.05) is 5.08 Å². The van der Waals surface area contributed by atoms with Crippen molar-refractivity contribution in [2.24, 2.45) is 0 Å². The van der Waals surface area contributed by atoms with Crippen LogP contribution in [0.15, 0.2) is 6.08 Å². The molecule has 1 aliphatic heterocycles. The predicted molar refractivity (Wildman–Crippen MR) is 70.0 cm³/mol. The molecule has 124 valence electrons. The Bertz CT molecular complexity index is 611. The molecule has 2 rings (SSSR count). The largest absolute Gasteiger partial charge is 0.559 e. The molecule has 6 N–H and O–H groups in total. The highest BCUT2D eigenvalue weighted by atomic mass is 32.1. The summed E-state index contributed by atoms with van der Waals surface area (Å²) in [6.45, 7) is 1.35. The molecule has 0 bridgehead atoms. The lowest BCUT2D eigenvalue weighted by molar-refractivity contribution is -1.22. The monoisotopic (exact) mass is 340 g/mol. The Balaban J connectivity index is 2.78. The first-order chi connectivity index (χ1) is 9.74. The number of hydrogen-bond donors (Lipinski definition) is 6. The number of hydrogen-bond acceptors (Lipinski definition) is 11. The Kier molecular flexibility index (Phi) is 3.80. The van der Waals surface area contributed by atoms with E-state index in [1.807, 2.05) is 0 Å². The van der Waals surface area contributed by atoms with Crippen LogP contribution in [0.5, 0.6) is 0 Å². The quantitative estimate of drug-likeness (QED) is 0.343. The summed E-state index contributed by atoms with van der Waals surface area (Å²) >= 11 is 0.0976. The molecule has 2 heterocycles. The van der Waals surface area contributed by atoms with Gasteiger partial charge in [0.15, 0.2) is 5.00 Å². The average molecular weight is 340 g/mol. The molecule has 0 saturated heterocycles. The zero-order chi connectivity index (χ0) is 17.1. The smallest absolute Gasteiger partial charge is 0.326 e. The predicted octanol–water partition coefficient (Wildman–Crippen LogP) is 1.14. The average Bonchev–Trinajstić information content (AvgIpc) is 2.64. The minimum Gasteiger partial charge on any atom is -0.559 e. The molecular formula is C8H12N4O9S. The summed E-state index contributed by atoms with van der Waals surface area (Å²) in [6.07, 6.45) is 2.28. The molecule has 0 aromatic carbocycles. The fraction of sp³-hybridized carbons (Fsp3) is 0.250. The van der Waals surface area contributed by atoms with Crippen LogP contribution in [0.25, 0.3) is 6.08 Å². The van der Waals surface area contributed by atoms with Crippen molar-refractivity contribution in [1.29, 1.82) is 0 Å². The van der Waals surface area contributed by atoms with Crippen molar-refractivity contribution in [2.75, 3.05) is 5.01 Å². The number of nitrogens with zero attached hydrogens (tertiary/aromatic N) is 4. The second-order valence-electron chi connectivity index (χ2n) is 4.52. The van der Waals surface area contributed by atoms with Crippen LogP contribution in [0.2, 0.25) is 0 Å². The van der Waals surface area contributed by atoms with Crippen LogP contribution in [0.4, 0.5) is 15.7 Å². The van der Waals surface area contributed by atoms with Gasteiger partial charge < -0.3 is 15.6 Å². The van der Waals surface area contributed by atoms with Crippen molar-refractivity contribution >= 4 is 33.1 Å². The summed E-state index contributed by atoms with van der Waals surface area (Å²) in [6, 6.07) is -0.934. The third kappa shape index (κ3) is 2.83. The van der Waals surface area contributed by atoms with Crippen molar-refractivity contribution in [2.45, 2.75) is 13.0 Å². The fourth-order valence-electron chi connectivity index (χ4n) is 2.07. The van der Waals surface area contributed by atoms with Crippen LogP contribution >= 0.6 is 11.3 Å². The van der Waals surface area contributed by atoms with Crippen molar-refractivity contribution in [3.63, 3.8) is 0 Å². The maximum atomic E-state index is 11.4. The first-order valence-corrected chi connectivity index (χ1v) is 6.38. The van der Waals surface area contributed by atoms with Gasteiger partial charge in [-0.15, -0.1) is 5.01 Å². The number of quaternary nitrogens is 3. The molecule has 0 saturated carbocycles. The second kappa shape index (κ2) is 4.88. The normalized spacial score (nSPS) is 19.5. The van der Waals surface area contributed by atoms with E-state index in [4.69, 9.17) is 20.8 Å². The van der Waals surface area contributed by atoms with Crippen LogP contribution in [-0.4, -0.2) is 42.4 Å². The van der Waals surface area contributed by atoms with Gasteiger partial charge in [0.25, 0.3) is 5.69 Å². The van der Waals surface area contributed by atoms with Gasteiger partial charge >= 0.3 is 5.00 Å². The molecule has 0 radical (unpaired) electrons. The van der Waals surface area contributed by atoms with Crippen LogP contribution in [0, 0.1) is 15.6 Å². The number of thiophene rings is 1.